The first-order chi connectivity index (χ1) is 6.50. The molecule has 0 spiro atoms. The number of hydrogen-bond acceptors (Lipinski definition) is 3. The third kappa shape index (κ3) is 1.39. The van der Waals surface area contributed by atoms with Gasteiger partial charge in [-0.25, -0.2) is 4.68 Å². The minimum Gasteiger partial charge on any atom is -0.384 e. The van der Waals surface area contributed by atoms with Gasteiger partial charge in [-0.2, -0.15) is 5.10 Å². The molecule has 0 amide bonds. The minimum absolute atomic E-state index is 0.0541. The number of nitrogen functional groups attached to an aromatic ring is 1. The zero-order valence-corrected chi connectivity index (χ0v) is 9.00. The molecule has 14 heavy (non-hydrogen) atoms. The summed E-state index contributed by atoms with van der Waals surface area (Å²) < 4.78 is 7.26. The summed E-state index contributed by atoms with van der Waals surface area (Å²) in [6.07, 6.45) is 0.878. The number of fused-ring (bicyclic) bond motifs is 1. The molecule has 4 nitrogen and oxygen atoms in total. The number of ether oxygens (including phenoxy) is 1. The van der Waals surface area contributed by atoms with Crippen molar-refractivity contribution in [3.8, 4) is 0 Å². The van der Waals surface area contributed by atoms with E-state index in [1.807, 2.05) is 4.68 Å². The third-order valence-electron chi connectivity index (χ3n) is 2.47. The lowest BCUT2D eigenvalue weighted by atomic mass is 10.1. The highest BCUT2D eigenvalue weighted by atomic mass is 16.5. The van der Waals surface area contributed by atoms with E-state index in [-0.39, 0.29) is 5.54 Å². The Morgan fingerprint density at radius 2 is 2.14 bits per heavy atom. The van der Waals surface area contributed by atoms with E-state index < -0.39 is 0 Å². The van der Waals surface area contributed by atoms with Crippen molar-refractivity contribution >= 4 is 5.82 Å². The van der Waals surface area contributed by atoms with E-state index in [4.69, 9.17) is 10.5 Å². The van der Waals surface area contributed by atoms with Crippen molar-refractivity contribution in [2.75, 3.05) is 12.3 Å². The molecular weight excluding hydrogens is 178 g/mol. The topological polar surface area (TPSA) is 53.1 Å². The summed E-state index contributed by atoms with van der Waals surface area (Å²) in [6.45, 7) is 7.67. The van der Waals surface area contributed by atoms with Gasteiger partial charge >= 0.3 is 0 Å². The molecular formula is C10H17N3O. The largest absolute Gasteiger partial charge is 0.384 e. The number of rotatable bonds is 0. The molecule has 2 rings (SSSR count). The average Bonchev–Trinajstić information content (AvgIpc) is 2.44. The maximum absolute atomic E-state index is 6.03. The van der Waals surface area contributed by atoms with Crippen molar-refractivity contribution in [2.45, 2.75) is 39.3 Å². The molecule has 0 saturated heterocycles. The molecule has 2 N–H and O–H groups in total. The van der Waals surface area contributed by atoms with Gasteiger partial charge in [0.1, 0.15) is 5.82 Å². The number of nitrogens with zero attached hydrogens (tertiary/aromatic N) is 2. The Hall–Kier alpha value is -1.03. The molecule has 0 bridgehead atoms. The van der Waals surface area contributed by atoms with Gasteiger partial charge in [-0.3, -0.25) is 0 Å². The quantitative estimate of drug-likeness (QED) is 0.678. The van der Waals surface area contributed by atoms with Crippen molar-refractivity contribution in [1.82, 2.24) is 9.78 Å². The number of hydrogen-bond donors (Lipinski definition) is 1. The van der Waals surface area contributed by atoms with Crippen LogP contribution >= 0.6 is 0 Å². The molecule has 0 radical (unpaired) electrons. The first kappa shape index (κ1) is 9.52. The van der Waals surface area contributed by atoms with Crippen LogP contribution in [0.3, 0.4) is 0 Å². The molecule has 1 aliphatic heterocycles. The number of nitrogens with two attached hydrogens (primary N) is 1. The van der Waals surface area contributed by atoms with Crippen molar-refractivity contribution < 1.29 is 4.74 Å². The molecule has 1 aliphatic rings. The zero-order valence-electron chi connectivity index (χ0n) is 9.00. The van der Waals surface area contributed by atoms with Gasteiger partial charge in [-0.05, 0) is 20.8 Å². The van der Waals surface area contributed by atoms with E-state index >= 15 is 0 Å². The average molecular weight is 195 g/mol. The van der Waals surface area contributed by atoms with E-state index in [1.165, 1.54) is 0 Å². The lowest BCUT2D eigenvalue weighted by Gasteiger charge is -2.20. The molecule has 4 heteroatoms. The Balaban J connectivity index is 2.49. The molecule has 0 fully saturated rings. The van der Waals surface area contributed by atoms with Gasteiger partial charge in [-0.15, -0.1) is 0 Å². The third-order valence-corrected chi connectivity index (χ3v) is 2.47. The Kier molecular flexibility index (Phi) is 2.03. The second-order valence-corrected chi connectivity index (χ2v) is 4.70. The predicted octanol–water partition coefficient (Wildman–Crippen LogP) is 1.29. The zero-order chi connectivity index (χ0) is 10.3. The predicted molar refractivity (Wildman–Crippen MR) is 55.0 cm³/mol. The molecule has 0 saturated carbocycles. The van der Waals surface area contributed by atoms with Crippen LogP contribution in [0.15, 0.2) is 0 Å². The maximum Gasteiger partial charge on any atom is 0.128 e. The van der Waals surface area contributed by atoms with Gasteiger partial charge in [0, 0.05) is 12.0 Å². The summed E-state index contributed by atoms with van der Waals surface area (Å²) >= 11 is 0. The van der Waals surface area contributed by atoms with Crippen LogP contribution in [-0.2, 0) is 23.3 Å². The standard InChI is InChI=1S/C10H17N3O/c1-10(2,3)13-9(11)7-6-14-5-4-8(7)12-13/h4-6,11H2,1-3H3. The fourth-order valence-electron chi connectivity index (χ4n) is 1.72. The van der Waals surface area contributed by atoms with Crippen LogP contribution in [0.4, 0.5) is 5.82 Å². The van der Waals surface area contributed by atoms with Gasteiger partial charge in [0.05, 0.1) is 24.4 Å². The molecule has 0 aromatic carbocycles. The first-order valence-corrected chi connectivity index (χ1v) is 4.94. The van der Waals surface area contributed by atoms with Crippen molar-refractivity contribution in [1.29, 1.82) is 0 Å². The summed E-state index contributed by atoms with van der Waals surface area (Å²) in [5.41, 5.74) is 8.15. The van der Waals surface area contributed by atoms with Gasteiger partial charge in [0.2, 0.25) is 0 Å². The van der Waals surface area contributed by atoms with Crippen LogP contribution in [0, 0.1) is 0 Å². The first-order valence-electron chi connectivity index (χ1n) is 4.94. The van der Waals surface area contributed by atoms with E-state index in [0.717, 1.165) is 30.1 Å². The molecule has 0 unspecified atom stereocenters. The molecule has 0 aliphatic carbocycles. The highest BCUT2D eigenvalue weighted by molar-refractivity contribution is 5.44. The van der Waals surface area contributed by atoms with Crippen LogP contribution in [0.2, 0.25) is 0 Å². The second-order valence-electron chi connectivity index (χ2n) is 4.70. The van der Waals surface area contributed by atoms with Gasteiger partial charge in [-0.1, -0.05) is 0 Å². The Morgan fingerprint density at radius 3 is 2.71 bits per heavy atom. The lowest BCUT2D eigenvalue weighted by molar-refractivity contribution is 0.110. The number of aromatic nitrogens is 2. The van der Waals surface area contributed by atoms with Crippen molar-refractivity contribution in [3.05, 3.63) is 11.3 Å². The summed E-state index contributed by atoms with van der Waals surface area (Å²) in [5, 5.41) is 4.53. The van der Waals surface area contributed by atoms with Crippen LogP contribution in [-0.4, -0.2) is 16.4 Å². The highest BCUT2D eigenvalue weighted by Gasteiger charge is 2.24. The minimum atomic E-state index is -0.0541. The van der Waals surface area contributed by atoms with Crippen LogP contribution in [0.25, 0.3) is 0 Å². The smallest absolute Gasteiger partial charge is 0.128 e. The molecule has 1 aromatic heterocycles. The SMILES string of the molecule is CC(C)(C)n1nc2c(c1N)COCC2. The molecule has 2 heterocycles. The number of anilines is 1. The monoisotopic (exact) mass is 195 g/mol. The fraction of sp³-hybridized carbons (Fsp3) is 0.700. The highest BCUT2D eigenvalue weighted by Crippen LogP contribution is 2.27. The molecule has 1 aromatic rings. The van der Waals surface area contributed by atoms with E-state index in [0.29, 0.717) is 6.61 Å². The van der Waals surface area contributed by atoms with Crippen molar-refractivity contribution in [3.63, 3.8) is 0 Å². The second kappa shape index (κ2) is 2.98. The van der Waals surface area contributed by atoms with E-state index in [2.05, 4.69) is 25.9 Å². The summed E-state index contributed by atoms with van der Waals surface area (Å²) in [7, 11) is 0. The fourth-order valence-corrected chi connectivity index (χ4v) is 1.72. The Morgan fingerprint density at radius 1 is 1.43 bits per heavy atom. The summed E-state index contributed by atoms with van der Waals surface area (Å²) in [6, 6.07) is 0. The molecule has 0 atom stereocenters. The van der Waals surface area contributed by atoms with Crippen molar-refractivity contribution in [2.24, 2.45) is 0 Å². The van der Waals surface area contributed by atoms with Gasteiger partial charge in [0.15, 0.2) is 0 Å². The maximum atomic E-state index is 6.03. The van der Waals surface area contributed by atoms with Gasteiger partial charge < -0.3 is 10.5 Å². The van der Waals surface area contributed by atoms with E-state index in [1.54, 1.807) is 0 Å². The summed E-state index contributed by atoms with van der Waals surface area (Å²) in [5.74, 6) is 0.757. The van der Waals surface area contributed by atoms with E-state index in [9.17, 15) is 0 Å². The molecule has 78 valence electrons. The van der Waals surface area contributed by atoms with Crippen LogP contribution < -0.4 is 5.73 Å². The van der Waals surface area contributed by atoms with Crippen LogP contribution in [0.5, 0.6) is 0 Å². The Bertz CT molecular complexity index is 349. The van der Waals surface area contributed by atoms with Crippen LogP contribution in [0.1, 0.15) is 32.0 Å². The Labute approximate surface area is 84.0 Å². The van der Waals surface area contributed by atoms with Gasteiger partial charge in [0.25, 0.3) is 0 Å². The summed E-state index contributed by atoms with van der Waals surface area (Å²) in [4.78, 5) is 0. The lowest BCUT2D eigenvalue weighted by Crippen LogP contribution is -2.25. The normalized spacial score (nSPS) is 16.8.